The maximum absolute atomic E-state index is 13.6. The van der Waals surface area contributed by atoms with Crippen LogP contribution in [0, 0.1) is 0 Å². The average molecular weight is 648 g/mol. The second-order valence-electron chi connectivity index (χ2n) is 10.9. The Kier molecular flexibility index (Phi) is 8.61. The van der Waals surface area contributed by atoms with E-state index >= 15 is 0 Å². The number of alkyl halides is 2. The Balaban J connectivity index is 1.51. The van der Waals surface area contributed by atoms with Gasteiger partial charge in [-0.2, -0.15) is 0 Å². The second-order valence-corrected chi connectivity index (χ2v) is 13.9. The summed E-state index contributed by atoms with van der Waals surface area (Å²) in [4.78, 5) is 24.7. The van der Waals surface area contributed by atoms with Crippen molar-refractivity contribution < 1.29 is 26.7 Å². The van der Waals surface area contributed by atoms with E-state index in [0.717, 1.165) is 6.54 Å². The average Bonchev–Trinajstić information content (AvgIpc) is 3.55. The molecule has 0 atom stereocenters. The van der Waals surface area contributed by atoms with E-state index in [4.69, 9.17) is 16.3 Å². The van der Waals surface area contributed by atoms with Crippen LogP contribution >= 0.6 is 22.9 Å². The highest BCUT2D eigenvalue weighted by molar-refractivity contribution is 7.89. The van der Waals surface area contributed by atoms with Gasteiger partial charge in [0.25, 0.3) is 6.43 Å². The van der Waals surface area contributed by atoms with Gasteiger partial charge in [0.15, 0.2) is 21.0 Å². The van der Waals surface area contributed by atoms with Gasteiger partial charge >= 0.3 is 6.03 Å². The first-order valence-corrected chi connectivity index (χ1v) is 15.8. The minimum atomic E-state index is -4.05. The molecule has 3 aromatic rings. The Morgan fingerprint density at radius 2 is 1.88 bits per heavy atom. The molecule has 5 rings (SSSR count). The highest BCUT2D eigenvalue weighted by atomic mass is 35.5. The SMILES string of the molecule is CN(C)CCN(C)C(=O)N1CCN(c2cc(S(=O)(=O)NC3(C)COC3)cn3c(-c4nnc(C(F)F)s4)nc(Cl)c23)CC1. The number of fused-ring (bicyclic) bond motifs is 1. The van der Waals surface area contributed by atoms with E-state index in [1.165, 1.54) is 16.7 Å². The van der Waals surface area contributed by atoms with Crippen molar-refractivity contribution in [1.29, 1.82) is 0 Å². The predicted octanol–water partition coefficient (Wildman–Crippen LogP) is 2.25. The van der Waals surface area contributed by atoms with Crippen molar-refractivity contribution in [2.75, 3.05) is 78.5 Å². The number of amides is 2. The Bertz CT molecular complexity index is 1570. The molecule has 2 saturated heterocycles. The molecule has 2 aliphatic heterocycles. The fourth-order valence-corrected chi connectivity index (χ4v) is 7.10. The van der Waals surface area contributed by atoms with Crippen molar-refractivity contribution in [3.63, 3.8) is 0 Å². The highest BCUT2D eigenvalue weighted by Gasteiger charge is 2.38. The molecular weight excluding hydrogens is 616 g/mol. The van der Waals surface area contributed by atoms with E-state index in [0.29, 0.717) is 55.3 Å². The molecule has 1 N–H and O–H groups in total. The quantitative estimate of drug-likeness (QED) is 0.372. The molecule has 3 aromatic heterocycles. The monoisotopic (exact) mass is 647 g/mol. The molecule has 2 fully saturated rings. The summed E-state index contributed by atoms with van der Waals surface area (Å²) >= 11 is 7.25. The number of anilines is 1. The number of likely N-dealkylation sites (N-methyl/N-ethyl adjacent to an activating group) is 2. The largest absolute Gasteiger partial charge is 0.377 e. The Morgan fingerprint density at radius 1 is 1.19 bits per heavy atom. The number of carbonyl (C=O) groups excluding carboxylic acids is 1. The molecule has 0 radical (unpaired) electrons. The molecule has 18 heteroatoms. The first-order valence-electron chi connectivity index (χ1n) is 13.1. The van der Waals surface area contributed by atoms with Crippen molar-refractivity contribution in [1.82, 2.24) is 39.0 Å². The van der Waals surface area contributed by atoms with Crippen LogP contribution in [0.2, 0.25) is 5.15 Å². The highest BCUT2D eigenvalue weighted by Crippen LogP contribution is 2.37. The maximum atomic E-state index is 13.6. The molecule has 13 nitrogen and oxygen atoms in total. The van der Waals surface area contributed by atoms with Gasteiger partial charge in [-0.3, -0.25) is 4.40 Å². The van der Waals surface area contributed by atoms with Crippen LogP contribution in [0.1, 0.15) is 18.4 Å². The zero-order valence-corrected chi connectivity index (χ0v) is 25.9. The number of rotatable bonds is 9. The van der Waals surface area contributed by atoms with Gasteiger partial charge in [0, 0.05) is 52.5 Å². The number of aromatic nitrogens is 4. The topological polar surface area (TPSA) is 129 Å². The second kappa shape index (κ2) is 11.8. The lowest BCUT2D eigenvalue weighted by Gasteiger charge is -2.39. The number of imidazole rings is 1. The first-order chi connectivity index (χ1) is 19.8. The lowest BCUT2D eigenvalue weighted by Crippen LogP contribution is -2.59. The van der Waals surface area contributed by atoms with Crippen molar-refractivity contribution in [2.45, 2.75) is 23.8 Å². The molecule has 0 spiro atoms. The molecule has 0 aliphatic carbocycles. The Labute approximate surface area is 251 Å². The standard InChI is InChI=1S/C24H32ClF2N9O4S2/c1-24(13-40-14-24)31-42(38,39)15-11-16(34-7-9-35(10-8-34)23(37)33(4)6-5-32(2)3)17-18(25)28-20(36(17)12-15)22-30-29-21(41-22)19(26)27/h11-12,19,31H,5-10,13-14H2,1-4H3. The van der Waals surface area contributed by atoms with Gasteiger partial charge in [-0.15, -0.1) is 10.2 Å². The zero-order valence-electron chi connectivity index (χ0n) is 23.5. The van der Waals surface area contributed by atoms with E-state index < -0.39 is 27.0 Å². The minimum Gasteiger partial charge on any atom is -0.377 e. The number of nitrogens with zero attached hydrogens (tertiary/aromatic N) is 8. The van der Waals surface area contributed by atoms with E-state index in [2.05, 4.69) is 19.9 Å². The number of carbonyl (C=O) groups is 1. The van der Waals surface area contributed by atoms with Gasteiger partial charge in [-0.25, -0.2) is 31.7 Å². The summed E-state index contributed by atoms with van der Waals surface area (Å²) in [7, 11) is 1.59. The van der Waals surface area contributed by atoms with Crippen LogP contribution < -0.4 is 9.62 Å². The molecule has 42 heavy (non-hydrogen) atoms. The van der Waals surface area contributed by atoms with E-state index in [9.17, 15) is 22.0 Å². The maximum Gasteiger partial charge on any atom is 0.319 e. The van der Waals surface area contributed by atoms with Crippen molar-refractivity contribution in [3.8, 4) is 10.8 Å². The summed E-state index contributed by atoms with van der Waals surface area (Å²) in [6.45, 7) is 5.10. The predicted molar refractivity (Wildman–Crippen MR) is 154 cm³/mol. The van der Waals surface area contributed by atoms with Crippen LogP contribution in [0.3, 0.4) is 0 Å². The summed E-state index contributed by atoms with van der Waals surface area (Å²) in [5.41, 5.74) is 0.100. The zero-order chi connectivity index (χ0) is 30.4. The van der Waals surface area contributed by atoms with Crippen LogP contribution in [0.15, 0.2) is 17.2 Å². The number of sulfonamides is 1. The lowest BCUT2D eigenvalue weighted by atomic mass is 10.0. The lowest BCUT2D eigenvalue weighted by molar-refractivity contribution is -0.0523. The summed E-state index contributed by atoms with van der Waals surface area (Å²) < 4.78 is 63.0. The fraction of sp³-hybridized carbons (Fsp3) is 0.583. The van der Waals surface area contributed by atoms with Crippen molar-refractivity contribution in [3.05, 3.63) is 22.4 Å². The van der Waals surface area contributed by atoms with Gasteiger partial charge < -0.3 is 24.3 Å². The molecule has 0 bridgehead atoms. The summed E-state index contributed by atoms with van der Waals surface area (Å²) in [5.74, 6) is 0.0900. The van der Waals surface area contributed by atoms with Crippen molar-refractivity contribution >= 4 is 50.2 Å². The first kappa shape index (κ1) is 30.7. The third-order valence-electron chi connectivity index (χ3n) is 7.10. The third-order valence-corrected chi connectivity index (χ3v) is 9.89. The third kappa shape index (κ3) is 6.16. The van der Waals surface area contributed by atoms with Crippen LogP contribution in [0.25, 0.3) is 16.3 Å². The molecule has 0 aromatic carbocycles. The van der Waals surface area contributed by atoms with Gasteiger partial charge in [-0.05, 0) is 27.1 Å². The van der Waals surface area contributed by atoms with Gasteiger partial charge in [-0.1, -0.05) is 22.9 Å². The summed E-state index contributed by atoms with van der Waals surface area (Å²) in [6.07, 6.45) is -1.47. The molecule has 230 valence electrons. The number of pyridine rings is 1. The van der Waals surface area contributed by atoms with Crippen LogP contribution in [0.4, 0.5) is 19.3 Å². The van der Waals surface area contributed by atoms with Crippen LogP contribution in [-0.4, -0.2) is 128 Å². The van der Waals surface area contributed by atoms with Crippen LogP contribution in [-0.2, 0) is 14.8 Å². The number of urea groups is 1. The molecule has 0 unspecified atom stereocenters. The van der Waals surface area contributed by atoms with Gasteiger partial charge in [0.05, 0.1) is 24.4 Å². The van der Waals surface area contributed by atoms with Crippen LogP contribution in [0.5, 0.6) is 0 Å². The normalized spacial score (nSPS) is 17.4. The summed E-state index contributed by atoms with van der Waals surface area (Å²) in [6, 6.07) is 1.43. The van der Waals surface area contributed by atoms with E-state index in [1.54, 1.807) is 23.8 Å². The smallest absolute Gasteiger partial charge is 0.319 e. The number of hydrogen-bond donors (Lipinski definition) is 1. The number of halogens is 3. The van der Waals surface area contributed by atoms with Crippen molar-refractivity contribution in [2.24, 2.45) is 0 Å². The fourth-order valence-electron chi connectivity index (χ4n) is 4.76. The molecule has 2 aliphatic rings. The van der Waals surface area contributed by atoms with E-state index in [1.807, 2.05) is 23.9 Å². The number of hydrogen-bond acceptors (Lipinski definition) is 10. The van der Waals surface area contributed by atoms with E-state index in [-0.39, 0.29) is 40.1 Å². The Hall–Kier alpha value is -2.70. The number of ether oxygens (including phenoxy) is 1. The molecule has 0 saturated carbocycles. The molecule has 2 amide bonds. The minimum absolute atomic E-state index is 0.0481. The van der Waals surface area contributed by atoms with Gasteiger partial charge in [0.1, 0.15) is 10.4 Å². The number of piperazine rings is 1. The molecule has 5 heterocycles. The van der Waals surface area contributed by atoms with Gasteiger partial charge in [0.2, 0.25) is 10.0 Å². The molecular formula is C24H32ClF2N9O4S2. The number of nitrogens with one attached hydrogen (secondary N) is 1. The summed E-state index contributed by atoms with van der Waals surface area (Å²) in [5, 5.41) is 7.03. The Morgan fingerprint density at radius 3 is 2.45 bits per heavy atom.